The minimum atomic E-state index is -0.105. The van der Waals surface area contributed by atoms with Gasteiger partial charge in [0, 0.05) is 32.7 Å². The number of amides is 1. The number of likely N-dealkylation sites (N-methyl/N-ethyl adjacent to an activating group) is 1. The first-order valence-electron chi connectivity index (χ1n) is 7.08. The summed E-state index contributed by atoms with van der Waals surface area (Å²) in [5, 5.41) is 3.77. The Labute approximate surface area is 134 Å². The highest BCUT2D eigenvalue weighted by atomic mass is 32.2. The average molecular weight is 329 g/mol. The van der Waals surface area contributed by atoms with Gasteiger partial charge in [0.2, 0.25) is 0 Å². The van der Waals surface area contributed by atoms with Gasteiger partial charge in [0.15, 0.2) is 5.13 Å². The standard InChI is InChI=1S/C13H23N5OS2/c1-17-5-7-18(8-6-17)13-16-11(14)10(21-13)12(19)15-4-3-9-20-2/h3-9,14H2,1-2H3,(H,15,19). The van der Waals surface area contributed by atoms with Gasteiger partial charge in [-0.1, -0.05) is 11.3 Å². The quantitative estimate of drug-likeness (QED) is 0.757. The summed E-state index contributed by atoms with van der Waals surface area (Å²) >= 11 is 3.17. The molecular formula is C13H23N5OS2. The molecule has 1 saturated heterocycles. The summed E-state index contributed by atoms with van der Waals surface area (Å²) in [5.74, 6) is 1.29. The molecule has 0 aromatic carbocycles. The van der Waals surface area contributed by atoms with Crippen molar-refractivity contribution >= 4 is 40.0 Å². The number of carbonyl (C=O) groups excluding carboxylic acids is 1. The number of carbonyl (C=O) groups is 1. The van der Waals surface area contributed by atoms with Crippen LogP contribution in [0.2, 0.25) is 0 Å². The van der Waals surface area contributed by atoms with Crippen LogP contribution in [0, 0.1) is 0 Å². The number of nitrogens with one attached hydrogen (secondary N) is 1. The minimum Gasteiger partial charge on any atom is -0.382 e. The lowest BCUT2D eigenvalue weighted by molar-refractivity contribution is 0.0958. The molecule has 118 valence electrons. The van der Waals surface area contributed by atoms with Crippen molar-refractivity contribution in [3.05, 3.63) is 4.88 Å². The first-order valence-corrected chi connectivity index (χ1v) is 9.29. The van der Waals surface area contributed by atoms with Crippen molar-refractivity contribution in [2.45, 2.75) is 6.42 Å². The van der Waals surface area contributed by atoms with E-state index in [9.17, 15) is 4.79 Å². The molecule has 1 aliphatic rings. The Morgan fingerprint density at radius 3 is 2.81 bits per heavy atom. The van der Waals surface area contributed by atoms with Crippen LogP contribution in [0.25, 0.3) is 0 Å². The van der Waals surface area contributed by atoms with E-state index < -0.39 is 0 Å². The molecule has 0 bridgehead atoms. The predicted molar refractivity (Wildman–Crippen MR) is 91.6 cm³/mol. The number of nitrogens with zero attached hydrogens (tertiary/aromatic N) is 3. The fourth-order valence-corrected chi connectivity index (χ4v) is 3.50. The van der Waals surface area contributed by atoms with Crippen LogP contribution in [0.15, 0.2) is 0 Å². The highest BCUT2D eigenvalue weighted by Crippen LogP contribution is 2.28. The summed E-state index contributed by atoms with van der Waals surface area (Å²) in [6.07, 6.45) is 3.03. The third-order valence-electron chi connectivity index (χ3n) is 3.43. The third kappa shape index (κ3) is 4.49. The van der Waals surface area contributed by atoms with Crippen LogP contribution in [0.5, 0.6) is 0 Å². The molecule has 1 fully saturated rings. The highest BCUT2D eigenvalue weighted by Gasteiger charge is 2.21. The normalized spacial score (nSPS) is 16.2. The number of rotatable bonds is 6. The van der Waals surface area contributed by atoms with Gasteiger partial charge in [0.25, 0.3) is 5.91 Å². The smallest absolute Gasteiger partial charge is 0.265 e. The number of thiazole rings is 1. The summed E-state index contributed by atoms with van der Waals surface area (Å²) in [7, 11) is 2.11. The van der Waals surface area contributed by atoms with E-state index in [-0.39, 0.29) is 5.91 Å². The lowest BCUT2D eigenvalue weighted by Gasteiger charge is -2.31. The zero-order chi connectivity index (χ0) is 15.2. The van der Waals surface area contributed by atoms with E-state index in [0.717, 1.165) is 43.5 Å². The van der Waals surface area contributed by atoms with Gasteiger partial charge in [-0.25, -0.2) is 4.98 Å². The summed E-state index contributed by atoms with van der Waals surface area (Å²) in [6, 6.07) is 0. The van der Waals surface area contributed by atoms with Crippen LogP contribution >= 0.6 is 23.1 Å². The molecule has 1 aliphatic heterocycles. The van der Waals surface area contributed by atoms with Crippen molar-refractivity contribution in [1.29, 1.82) is 0 Å². The predicted octanol–water partition coefficient (Wildman–Crippen LogP) is 0.960. The zero-order valence-corrected chi connectivity index (χ0v) is 14.2. The Kier molecular flexibility index (Phi) is 6.13. The van der Waals surface area contributed by atoms with Crippen molar-refractivity contribution in [1.82, 2.24) is 15.2 Å². The number of aromatic nitrogens is 1. The van der Waals surface area contributed by atoms with Gasteiger partial charge in [-0.3, -0.25) is 4.79 Å². The fourth-order valence-electron chi connectivity index (χ4n) is 2.11. The van der Waals surface area contributed by atoms with Crippen molar-refractivity contribution in [3.8, 4) is 0 Å². The first-order chi connectivity index (χ1) is 10.1. The Morgan fingerprint density at radius 2 is 2.14 bits per heavy atom. The van der Waals surface area contributed by atoms with Crippen LogP contribution in [0.4, 0.5) is 10.9 Å². The van der Waals surface area contributed by atoms with Gasteiger partial charge in [0.05, 0.1) is 0 Å². The van der Waals surface area contributed by atoms with Gasteiger partial charge >= 0.3 is 0 Å². The van der Waals surface area contributed by atoms with Crippen molar-refractivity contribution < 1.29 is 4.79 Å². The fraction of sp³-hybridized carbons (Fsp3) is 0.692. The molecule has 0 spiro atoms. The Bertz CT molecular complexity index is 471. The van der Waals surface area contributed by atoms with Crippen molar-refractivity contribution in [2.24, 2.45) is 0 Å². The van der Waals surface area contributed by atoms with E-state index in [1.54, 1.807) is 11.8 Å². The number of nitrogens with two attached hydrogens (primary N) is 1. The summed E-state index contributed by atoms with van der Waals surface area (Å²) < 4.78 is 0. The maximum Gasteiger partial charge on any atom is 0.265 e. The topological polar surface area (TPSA) is 74.5 Å². The molecule has 3 N–H and O–H groups in total. The minimum absolute atomic E-state index is 0.105. The van der Waals surface area contributed by atoms with Crippen LogP contribution in [-0.4, -0.2) is 67.6 Å². The summed E-state index contributed by atoms with van der Waals surface area (Å²) in [6.45, 7) is 4.56. The molecule has 0 aliphatic carbocycles. The third-order valence-corrected chi connectivity index (χ3v) is 5.26. The molecule has 6 nitrogen and oxygen atoms in total. The number of hydrogen-bond donors (Lipinski definition) is 2. The Balaban J connectivity index is 1.93. The second-order valence-corrected chi connectivity index (χ2v) is 7.07. The molecule has 0 atom stereocenters. The van der Waals surface area contributed by atoms with Crippen LogP contribution in [0.1, 0.15) is 16.1 Å². The van der Waals surface area contributed by atoms with Crippen LogP contribution < -0.4 is 16.0 Å². The SMILES string of the molecule is CSCCCNC(=O)c1sc(N2CCN(C)CC2)nc1N. The van der Waals surface area contributed by atoms with Crippen molar-refractivity contribution in [3.63, 3.8) is 0 Å². The van der Waals surface area contributed by atoms with Gasteiger partial charge in [-0.15, -0.1) is 0 Å². The molecule has 0 unspecified atom stereocenters. The van der Waals surface area contributed by atoms with E-state index >= 15 is 0 Å². The molecule has 2 rings (SSSR count). The Hall–Kier alpha value is -0.990. The maximum absolute atomic E-state index is 12.1. The van der Waals surface area contributed by atoms with E-state index in [0.29, 0.717) is 17.2 Å². The molecule has 2 heterocycles. The number of thioether (sulfide) groups is 1. The molecule has 1 aromatic heterocycles. The molecule has 0 saturated carbocycles. The van der Waals surface area contributed by atoms with Gasteiger partial charge in [-0.05, 0) is 25.5 Å². The molecule has 8 heteroatoms. The molecule has 0 radical (unpaired) electrons. The number of anilines is 2. The van der Waals surface area contributed by atoms with E-state index in [1.807, 2.05) is 0 Å². The monoisotopic (exact) mass is 329 g/mol. The Morgan fingerprint density at radius 1 is 1.43 bits per heavy atom. The largest absolute Gasteiger partial charge is 0.382 e. The zero-order valence-electron chi connectivity index (χ0n) is 12.6. The molecule has 1 amide bonds. The maximum atomic E-state index is 12.1. The van der Waals surface area contributed by atoms with Gasteiger partial charge in [-0.2, -0.15) is 11.8 Å². The van der Waals surface area contributed by atoms with Gasteiger partial charge < -0.3 is 20.9 Å². The number of hydrogen-bond acceptors (Lipinski definition) is 7. The number of piperazine rings is 1. The van der Waals surface area contributed by atoms with E-state index in [2.05, 4.69) is 33.4 Å². The molecular weight excluding hydrogens is 306 g/mol. The summed E-state index contributed by atoms with van der Waals surface area (Å²) in [4.78, 5) is 21.5. The lowest BCUT2D eigenvalue weighted by atomic mass is 10.3. The second-order valence-electron chi connectivity index (χ2n) is 5.10. The first kappa shape index (κ1) is 16.4. The van der Waals surface area contributed by atoms with E-state index in [4.69, 9.17) is 5.73 Å². The second kappa shape index (κ2) is 7.86. The lowest BCUT2D eigenvalue weighted by Crippen LogP contribution is -2.44. The number of nitrogen functional groups attached to an aromatic ring is 1. The van der Waals surface area contributed by atoms with Crippen LogP contribution in [-0.2, 0) is 0 Å². The highest BCUT2D eigenvalue weighted by molar-refractivity contribution is 7.98. The van der Waals surface area contributed by atoms with E-state index in [1.165, 1.54) is 11.3 Å². The van der Waals surface area contributed by atoms with Gasteiger partial charge in [0.1, 0.15) is 10.7 Å². The molecule has 21 heavy (non-hydrogen) atoms. The van der Waals surface area contributed by atoms with Crippen LogP contribution in [0.3, 0.4) is 0 Å². The average Bonchev–Trinajstić information content (AvgIpc) is 2.86. The van der Waals surface area contributed by atoms with Crippen molar-refractivity contribution in [2.75, 3.05) is 62.4 Å². The molecule has 1 aromatic rings. The summed E-state index contributed by atoms with van der Waals surface area (Å²) in [5.41, 5.74) is 5.90.